The lowest BCUT2D eigenvalue weighted by atomic mass is 10.1. The molecule has 34 heavy (non-hydrogen) atoms. The Bertz CT molecular complexity index is 1460. The second-order valence-corrected chi connectivity index (χ2v) is 9.55. The minimum atomic E-state index is -4.27. The molecule has 0 spiro atoms. The molecule has 0 aliphatic carbocycles. The Morgan fingerprint density at radius 3 is 2.53 bits per heavy atom. The molecule has 4 rings (SSSR count). The molecule has 5 nitrogen and oxygen atoms in total. The number of anilines is 1. The van der Waals surface area contributed by atoms with Crippen LogP contribution >= 0.6 is 11.6 Å². The van der Waals surface area contributed by atoms with E-state index in [-0.39, 0.29) is 11.4 Å². The number of imidazole rings is 1. The van der Waals surface area contributed by atoms with E-state index in [1.54, 1.807) is 47.6 Å². The van der Waals surface area contributed by atoms with E-state index >= 15 is 0 Å². The van der Waals surface area contributed by atoms with E-state index in [1.807, 2.05) is 0 Å². The summed E-state index contributed by atoms with van der Waals surface area (Å²) in [5, 5.41) is 0.348. The summed E-state index contributed by atoms with van der Waals surface area (Å²) in [6, 6.07) is 15.1. The first-order valence-corrected chi connectivity index (χ1v) is 11.9. The van der Waals surface area contributed by atoms with Gasteiger partial charge in [-0.1, -0.05) is 41.6 Å². The first-order chi connectivity index (χ1) is 16.3. The van der Waals surface area contributed by atoms with Gasteiger partial charge in [-0.25, -0.2) is 22.2 Å². The first-order valence-electron chi connectivity index (χ1n) is 10.1. The monoisotopic (exact) mass is 497 g/mol. The van der Waals surface area contributed by atoms with E-state index in [4.69, 9.17) is 11.6 Å². The molecule has 0 aliphatic heterocycles. The van der Waals surface area contributed by atoms with Crippen molar-refractivity contribution in [2.45, 2.75) is 18.0 Å². The van der Waals surface area contributed by atoms with Crippen molar-refractivity contribution >= 4 is 27.3 Å². The predicted octanol–water partition coefficient (Wildman–Crippen LogP) is 5.26. The minimum absolute atomic E-state index is 0.107. The molecule has 0 saturated heterocycles. The second-order valence-electron chi connectivity index (χ2n) is 7.26. The lowest BCUT2D eigenvalue weighted by Gasteiger charge is -2.25. The Balaban J connectivity index is 1.76. The fourth-order valence-corrected chi connectivity index (χ4v) is 4.82. The van der Waals surface area contributed by atoms with Crippen molar-refractivity contribution in [3.63, 3.8) is 0 Å². The number of aromatic nitrogens is 2. The van der Waals surface area contributed by atoms with Crippen LogP contribution in [-0.4, -0.2) is 18.0 Å². The highest BCUT2D eigenvalue weighted by molar-refractivity contribution is 7.92. The molecule has 0 radical (unpaired) electrons. The molecule has 0 atom stereocenters. The highest BCUT2D eigenvalue weighted by Gasteiger charge is 2.28. The second kappa shape index (κ2) is 10.1. The Kier molecular flexibility index (Phi) is 6.96. The molecular formula is C25H18ClF2N3O2S. The van der Waals surface area contributed by atoms with Gasteiger partial charge in [0.05, 0.1) is 30.0 Å². The number of rotatable bonds is 6. The van der Waals surface area contributed by atoms with E-state index in [1.165, 1.54) is 24.3 Å². The minimum Gasteiger partial charge on any atom is -0.326 e. The predicted molar refractivity (Wildman–Crippen MR) is 127 cm³/mol. The van der Waals surface area contributed by atoms with Gasteiger partial charge in [-0.15, -0.1) is 0 Å². The van der Waals surface area contributed by atoms with Crippen molar-refractivity contribution < 1.29 is 17.2 Å². The summed E-state index contributed by atoms with van der Waals surface area (Å²) in [6.45, 7) is 0.126. The molecule has 0 N–H and O–H groups in total. The van der Waals surface area contributed by atoms with Crippen LogP contribution in [0.4, 0.5) is 14.5 Å². The van der Waals surface area contributed by atoms with Gasteiger partial charge in [-0.05, 0) is 48.0 Å². The maximum absolute atomic E-state index is 14.8. The molecule has 0 fully saturated rings. The van der Waals surface area contributed by atoms with Gasteiger partial charge in [0.2, 0.25) is 0 Å². The molecule has 172 valence electrons. The number of hydrogen-bond donors (Lipinski definition) is 0. The summed E-state index contributed by atoms with van der Waals surface area (Å²) in [6.07, 6.45) is 5.05. The van der Waals surface area contributed by atoms with Crippen LogP contribution in [0.3, 0.4) is 0 Å². The number of nitrogens with zero attached hydrogens (tertiary/aromatic N) is 3. The van der Waals surface area contributed by atoms with Crippen molar-refractivity contribution in [1.29, 1.82) is 0 Å². The van der Waals surface area contributed by atoms with Crippen LogP contribution in [0.2, 0.25) is 5.02 Å². The molecule has 0 amide bonds. The third-order valence-electron chi connectivity index (χ3n) is 4.95. The van der Waals surface area contributed by atoms with Gasteiger partial charge in [0.25, 0.3) is 10.0 Å². The topological polar surface area (TPSA) is 55.2 Å². The smallest absolute Gasteiger partial charge is 0.264 e. The molecule has 0 bridgehead atoms. The molecule has 0 saturated carbocycles. The summed E-state index contributed by atoms with van der Waals surface area (Å²) < 4.78 is 58.5. The van der Waals surface area contributed by atoms with Crippen LogP contribution in [0.25, 0.3) is 0 Å². The lowest BCUT2D eigenvalue weighted by Crippen LogP contribution is -2.31. The molecule has 1 heterocycles. The Morgan fingerprint density at radius 1 is 1.03 bits per heavy atom. The number of sulfonamides is 1. The third-order valence-corrected chi connectivity index (χ3v) is 6.98. The average Bonchev–Trinajstić information content (AvgIpc) is 3.34. The molecule has 1 aromatic heterocycles. The number of benzene rings is 3. The zero-order chi connectivity index (χ0) is 24.1. The van der Waals surface area contributed by atoms with Gasteiger partial charge >= 0.3 is 0 Å². The standard InChI is InChI=1S/C25H18ClF2N3O2S/c26-21-7-10-23(11-8-21)34(32,33)31(25-16-22(27)9-12-24(25)28)17-20-5-2-1-4-19(20)6-3-14-30-15-13-29-18-30/h1-2,4-5,7-13,15-16,18H,14,17H2. The highest BCUT2D eigenvalue weighted by atomic mass is 35.5. The van der Waals surface area contributed by atoms with Crippen molar-refractivity contribution in [2.24, 2.45) is 0 Å². The molecule has 9 heteroatoms. The maximum atomic E-state index is 14.8. The molecular weight excluding hydrogens is 480 g/mol. The zero-order valence-corrected chi connectivity index (χ0v) is 19.3. The SMILES string of the molecule is O=S(=O)(c1ccc(Cl)cc1)N(Cc1ccccc1C#CCn1ccnc1)c1cc(F)ccc1F. The van der Waals surface area contributed by atoms with Gasteiger partial charge in [0.1, 0.15) is 11.6 Å². The van der Waals surface area contributed by atoms with Crippen molar-refractivity contribution in [3.05, 3.63) is 113 Å². The molecule has 0 aliphatic rings. The van der Waals surface area contributed by atoms with Crippen LogP contribution < -0.4 is 4.31 Å². The van der Waals surface area contributed by atoms with Gasteiger partial charge in [0.15, 0.2) is 0 Å². The van der Waals surface area contributed by atoms with Crippen molar-refractivity contribution in [1.82, 2.24) is 9.55 Å². The Labute approximate surface area is 201 Å². The van der Waals surface area contributed by atoms with Gasteiger partial charge in [-0.3, -0.25) is 4.31 Å². The average molecular weight is 498 g/mol. The Morgan fingerprint density at radius 2 is 1.79 bits per heavy atom. The van der Waals surface area contributed by atoms with Crippen molar-refractivity contribution in [2.75, 3.05) is 4.31 Å². The van der Waals surface area contributed by atoms with Crippen LogP contribution in [0.1, 0.15) is 11.1 Å². The van der Waals surface area contributed by atoms with E-state index < -0.39 is 27.3 Å². The van der Waals surface area contributed by atoms with Crippen LogP contribution in [0, 0.1) is 23.5 Å². The quantitative estimate of drug-likeness (QED) is 0.341. The molecule has 0 unspecified atom stereocenters. The van der Waals surface area contributed by atoms with Gasteiger partial charge in [0, 0.05) is 29.0 Å². The molecule has 3 aromatic carbocycles. The zero-order valence-electron chi connectivity index (χ0n) is 17.7. The third kappa shape index (κ3) is 5.28. The fourth-order valence-electron chi connectivity index (χ4n) is 3.25. The summed E-state index contributed by atoms with van der Waals surface area (Å²) >= 11 is 5.90. The molecule has 4 aromatic rings. The van der Waals surface area contributed by atoms with Crippen LogP contribution in [-0.2, 0) is 23.1 Å². The summed E-state index contributed by atoms with van der Waals surface area (Å²) in [4.78, 5) is 3.86. The van der Waals surface area contributed by atoms with Crippen LogP contribution in [0.15, 0.2) is 90.3 Å². The van der Waals surface area contributed by atoms with E-state index in [2.05, 4.69) is 16.8 Å². The summed E-state index contributed by atoms with van der Waals surface area (Å²) in [5.74, 6) is 4.40. The first kappa shape index (κ1) is 23.5. The number of halogens is 3. The van der Waals surface area contributed by atoms with E-state index in [0.29, 0.717) is 22.7 Å². The fraction of sp³-hybridized carbons (Fsp3) is 0.0800. The normalized spacial score (nSPS) is 11.0. The summed E-state index contributed by atoms with van der Waals surface area (Å²) in [5.41, 5.74) is 0.689. The largest absolute Gasteiger partial charge is 0.326 e. The van der Waals surface area contributed by atoms with Crippen molar-refractivity contribution in [3.8, 4) is 11.8 Å². The van der Waals surface area contributed by atoms with Crippen LogP contribution in [0.5, 0.6) is 0 Å². The van der Waals surface area contributed by atoms with Gasteiger partial charge < -0.3 is 4.57 Å². The lowest BCUT2D eigenvalue weighted by molar-refractivity contribution is 0.580. The van der Waals surface area contributed by atoms with Gasteiger partial charge in [-0.2, -0.15) is 0 Å². The Hall–Kier alpha value is -3.67. The van der Waals surface area contributed by atoms with E-state index in [0.717, 1.165) is 22.5 Å². The maximum Gasteiger partial charge on any atom is 0.264 e. The highest BCUT2D eigenvalue weighted by Crippen LogP contribution is 2.30. The number of hydrogen-bond acceptors (Lipinski definition) is 3. The van der Waals surface area contributed by atoms with E-state index in [9.17, 15) is 17.2 Å². The summed E-state index contributed by atoms with van der Waals surface area (Å²) in [7, 11) is -4.27.